The predicted molar refractivity (Wildman–Crippen MR) is 86.9 cm³/mol. The van der Waals surface area contributed by atoms with Crippen molar-refractivity contribution in [1.82, 2.24) is 4.98 Å². The van der Waals surface area contributed by atoms with Crippen LogP contribution in [0.1, 0.15) is 11.5 Å². The van der Waals surface area contributed by atoms with Gasteiger partial charge in [-0.2, -0.15) is 0 Å². The SMILES string of the molecule is COC(=O)C(CN)c1c[nH]c2c1ccc1ccccc12.Cl. The van der Waals surface area contributed by atoms with Crippen molar-refractivity contribution in [2.75, 3.05) is 13.7 Å². The van der Waals surface area contributed by atoms with Crippen molar-refractivity contribution in [2.45, 2.75) is 5.92 Å². The maximum atomic E-state index is 11.8. The van der Waals surface area contributed by atoms with E-state index in [0.717, 1.165) is 27.2 Å². The molecule has 1 unspecified atom stereocenters. The summed E-state index contributed by atoms with van der Waals surface area (Å²) in [6.45, 7) is 0.229. The second-order valence-electron chi connectivity index (χ2n) is 4.76. The monoisotopic (exact) mass is 304 g/mol. The molecule has 3 rings (SSSR count). The fourth-order valence-corrected chi connectivity index (χ4v) is 2.68. The molecular formula is C16H17ClN2O2. The number of H-pyrrole nitrogens is 1. The molecule has 21 heavy (non-hydrogen) atoms. The average Bonchev–Trinajstić information content (AvgIpc) is 2.92. The largest absolute Gasteiger partial charge is 0.469 e. The number of rotatable bonds is 3. The molecule has 3 aromatic rings. The molecule has 4 nitrogen and oxygen atoms in total. The number of benzene rings is 2. The number of halogens is 1. The third kappa shape index (κ3) is 2.48. The van der Waals surface area contributed by atoms with Crippen LogP contribution in [0, 0.1) is 0 Å². The van der Waals surface area contributed by atoms with E-state index in [-0.39, 0.29) is 24.9 Å². The second kappa shape index (κ2) is 6.16. The number of hydrogen-bond acceptors (Lipinski definition) is 3. The Morgan fingerprint density at radius 3 is 2.71 bits per heavy atom. The van der Waals surface area contributed by atoms with Crippen LogP contribution < -0.4 is 5.73 Å². The van der Waals surface area contributed by atoms with E-state index < -0.39 is 5.92 Å². The second-order valence-corrected chi connectivity index (χ2v) is 4.76. The van der Waals surface area contributed by atoms with Crippen molar-refractivity contribution >= 4 is 40.1 Å². The lowest BCUT2D eigenvalue weighted by atomic mass is 9.97. The molecule has 0 aliphatic heterocycles. The molecule has 0 aliphatic rings. The number of carbonyl (C=O) groups excluding carboxylic acids is 1. The summed E-state index contributed by atoms with van der Waals surface area (Å²) in [6.07, 6.45) is 1.85. The molecule has 0 radical (unpaired) electrons. The van der Waals surface area contributed by atoms with Crippen LogP contribution in [0.15, 0.2) is 42.6 Å². The van der Waals surface area contributed by atoms with Crippen molar-refractivity contribution in [3.63, 3.8) is 0 Å². The van der Waals surface area contributed by atoms with Crippen LogP contribution in [0.4, 0.5) is 0 Å². The zero-order valence-electron chi connectivity index (χ0n) is 11.6. The van der Waals surface area contributed by atoms with Crippen molar-refractivity contribution in [3.8, 4) is 0 Å². The number of nitrogens with one attached hydrogen (secondary N) is 1. The van der Waals surface area contributed by atoms with Gasteiger partial charge in [-0.3, -0.25) is 4.79 Å². The molecular weight excluding hydrogens is 288 g/mol. The smallest absolute Gasteiger partial charge is 0.314 e. The van der Waals surface area contributed by atoms with Crippen LogP contribution in [-0.4, -0.2) is 24.6 Å². The van der Waals surface area contributed by atoms with Gasteiger partial charge in [-0.1, -0.05) is 36.4 Å². The lowest BCUT2D eigenvalue weighted by molar-refractivity contribution is -0.142. The third-order valence-electron chi connectivity index (χ3n) is 3.71. The first-order valence-corrected chi connectivity index (χ1v) is 6.53. The van der Waals surface area contributed by atoms with Gasteiger partial charge in [0.1, 0.15) is 0 Å². The molecule has 1 aromatic heterocycles. The molecule has 5 heteroatoms. The van der Waals surface area contributed by atoms with Crippen molar-refractivity contribution < 1.29 is 9.53 Å². The first-order chi connectivity index (χ1) is 9.76. The van der Waals surface area contributed by atoms with Crippen molar-refractivity contribution in [3.05, 3.63) is 48.2 Å². The Kier molecular flexibility index (Phi) is 4.50. The Bertz CT molecular complexity index is 782. The Morgan fingerprint density at radius 1 is 1.24 bits per heavy atom. The van der Waals surface area contributed by atoms with Gasteiger partial charge in [0.2, 0.25) is 0 Å². The predicted octanol–water partition coefficient (Wildman–Crippen LogP) is 2.96. The first kappa shape index (κ1) is 15.4. The zero-order chi connectivity index (χ0) is 14.1. The highest BCUT2D eigenvalue weighted by Gasteiger charge is 2.23. The molecule has 0 saturated heterocycles. The van der Waals surface area contributed by atoms with Gasteiger partial charge in [0.05, 0.1) is 18.5 Å². The summed E-state index contributed by atoms with van der Waals surface area (Å²) < 4.78 is 4.83. The zero-order valence-corrected chi connectivity index (χ0v) is 12.4. The Morgan fingerprint density at radius 2 is 2.00 bits per heavy atom. The number of esters is 1. The number of methoxy groups -OCH3 is 1. The Hall–Kier alpha value is -2.04. The molecule has 0 fully saturated rings. The van der Waals surface area contributed by atoms with Gasteiger partial charge < -0.3 is 15.5 Å². The molecule has 0 spiro atoms. The standard InChI is InChI=1S/C16H16N2O2.ClH/c1-20-16(19)13(8-17)14-9-18-15-11-5-3-2-4-10(11)6-7-12(14)15;/h2-7,9,13,18H,8,17H2,1H3;1H. The summed E-state index contributed by atoms with van der Waals surface area (Å²) in [4.78, 5) is 15.1. The molecule has 110 valence electrons. The number of aromatic amines is 1. The van der Waals surface area contributed by atoms with E-state index in [2.05, 4.69) is 23.2 Å². The van der Waals surface area contributed by atoms with E-state index in [1.807, 2.05) is 24.4 Å². The molecule has 0 amide bonds. The van der Waals surface area contributed by atoms with Crippen LogP contribution in [0.5, 0.6) is 0 Å². The Balaban J connectivity index is 0.00000161. The van der Waals surface area contributed by atoms with Gasteiger partial charge in [0, 0.05) is 23.5 Å². The Labute approximate surface area is 128 Å². The van der Waals surface area contributed by atoms with E-state index in [4.69, 9.17) is 10.5 Å². The van der Waals surface area contributed by atoms with Crippen LogP contribution in [0.2, 0.25) is 0 Å². The van der Waals surface area contributed by atoms with E-state index >= 15 is 0 Å². The topological polar surface area (TPSA) is 68.1 Å². The quantitative estimate of drug-likeness (QED) is 0.731. The normalized spacial score (nSPS) is 12.1. The lowest BCUT2D eigenvalue weighted by Crippen LogP contribution is -2.22. The van der Waals surface area contributed by atoms with Gasteiger partial charge >= 0.3 is 5.97 Å². The van der Waals surface area contributed by atoms with Crippen LogP contribution in [0.3, 0.4) is 0 Å². The number of aromatic nitrogens is 1. The first-order valence-electron chi connectivity index (χ1n) is 6.53. The van der Waals surface area contributed by atoms with Crippen molar-refractivity contribution in [2.24, 2.45) is 5.73 Å². The summed E-state index contributed by atoms with van der Waals surface area (Å²) in [5, 5.41) is 3.32. The number of hydrogen-bond donors (Lipinski definition) is 2. The molecule has 2 aromatic carbocycles. The minimum atomic E-state index is -0.435. The van der Waals surface area contributed by atoms with E-state index in [1.165, 1.54) is 7.11 Å². The summed E-state index contributed by atoms with van der Waals surface area (Å²) >= 11 is 0. The molecule has 1 heterocycles. The number of fused-ring (bicyclic) bond motifs is 3. The molecule has 0 aliphatic carbocycles. The van der Waals surface area contributed by atoms with Crippen LogP contribution in [0.25, 0.3) is 21.7 Å². The van der Waals surface area contributed by atoms with Gasteiger partial charge in [-0.05, 0) is 10.9 Å². The molecule has 0 bridgehead atoms. The maximum Gasteiger partial charge on any atom is 0.314 e. The number of ether oxygens (including phenoxy) is 1. The van der Waals surface area contributed by atoms with Crippen LogP contribution >= 0.6 is 12.4 Å². The molecule has 1 atom stereocenters. The number of nitrogens with two attached hydrogens (primary N) is 1. The number of carbonyl (C=O) groups is 1. The molecule has 0 saturated carbocycles. The fourth-order valence-electron chi connectivity index (χ4n) is 2.68. The van der Waals surface area contributed by atoms with E-state index in [0.29, 0.717) is 0 Å². The summed E-state index contributed by atoms with van der Waals surface area (Å²) in [6, 6.07) is 12.2. The molecule has 3 N–H and O–H groups in total. The summed E-state index contributed by atoms with van der Waals surface area (Å²) in [5.41, 5.74) is 7.65. The third-order valence-corrected chi connectivity index (χ3v) is 3.71. The van der Waals surface area contributed by atoms with Crippen LogP contribution in [-0.2, 0) is 9.53 Å². The fraction of sp³-hybridized carbons (Fsp3) is 0.188. The highest BCUT2D eigenvalue weighted by molar-refractivity contribution is 6.07. The average molecular weight is 305 g/mol. The lowest BCUT2D eigenvalue weighted by Gasteiger charge is -2.11. The van der Waals surface area contributed by atoms with E-state index in [9.17, 15) is 4.79 Å². The van der Waals surface area contributed by atoms with Gasteiger partial charge in [-0.15, -0.1) is 12.4 Å². The highest BCUT2D eigenvalue weighted by Crippen LogP contribution is 2.31. The van der Waals surface area contributed by atoms with Gasteiger partial charge in [-0.25, -0.2) is 0 Å². The van der Waals surface area contributed by atoms with E-state index in [1.54, 1.807) is 0 Å². The highest BCUT2D eigenvalue weighted by atomic mass is 35.5. The van der Waals surface area contributed by atoms with Crippen molar-refractivity contribution in [1.29, 1.82) is 0 Å². The summed E-state index contributed by atoms with van der Waals surface area (Å²) in [5.74, 6) is -0.739. The minimum absolute atomic E-state index is 0. The summed E-state index contributed by atoms with van der Waals surface area (Å²) in [7, 11) is 1.38. The minimum Gasteiger partial charge on any atom is -0.469 e. The van der Waals surface area contributed by atoms with Gasteiger partial charge in [0.15, 0.2) is 0 Å². The maximum absolute atomic E-state index is 11.8. The van der Waals surface area contributed by atoms with Gasteiger partial charge in [0.25, 0.3) is 0 Å².